The number of H-pyrrole nitrogens is 1. The van der Waals surface area contributed by atoms with E-state index in [1.807, 2.05) is 66.7 Å². The van der Waals surface area contributed by atoms with E-state index in [-0.39, 0.29) is 25.3 Å². The fourth-order valence-corrected chi connectivity index (χ4v) is 5.37. The number of nitrogens with one attached hydrogen (secondary N) is 5. The fraction of sp³-hybridized carbons (Fsp3) is 0.265. The molecule has 1 saturated heterocycles. The molecular formula is C34H35N5O5. The number of carbonyl (C=O) groups excluding carboxylic acids is 5. The van der Waals surface area contributed by atoms with Crippen molar-refractivity contribution in [2.24, 2.45) is 5.92 Å². The van der Waals surface area contributed by atoms with Crippen molar-refractivity contribution in [2.45, 2.75) is 44.3 Å². The van der Waals surface area contributed by atoms with Crippen LogP contribution >= 0.6 is 0 Å². The Morgan fingerprint density at radius 2 is 1.57 bits per heavy atom. The Balaban J connectivity index is 1.35. The van der Waals surface area contributed by atoms with Crippen molar-refractivity contribution in [3.63, 3.8) is 0 Å². The second-order valence-corrected chi connectivity index (χ2v) is 11.0. The summed E-state index contributed by atoms with van der Waals surface area (Å²) in [5, 5.41) is 11.8. The zero-order chi connectivity index (χ0) is 30.9. The Bertz CT molecular complexity index is 1640. The molecule has 0 saturated carbocycles. The van der Waals surface area contributed by atoms with Gasteiger partial charge >= 0.3 is 0 Å². The molecule has 10 nitrogen and oxygen atoms in total. The number of hydrogen-bond acceptors (Lipinski definition) is 5. The van der Waals surface area contributed by atoms with Crippen molar-refractivity contribution >= 4 is 40.3 Å². The maximum atomic E-state index is 13.8. The minimum Gasteiger partial charge on any atom is -0.361 e. The summed E-state index contributed by atoms with van der Waals surface area (Å²) in [6.07, 6.45) is 3.14. The summed E-state index contributed by atoms with van der Waals surface area (Å²) in [6.45, 7) is 0.672. The SMILES string of the molecule is O=C(NCc1ccccc1)C(=O)C(C[C@@H]1CCCNC1=O)NC(=O)[C@H](Cc1ccccc1)NC(=O)c1ccc2[nH]ccc2c1. The Morgan fingerprint density at radius 1 is 0.841 bits per heavy atom. The van der Waals surface area contributed by atoms with Crippen molar-refractivity contribution < 1.29 is 24.0 Å². The second-order valence-electron chi connectivity index (χ2n) is 11.0. The first kappa shape index (κ1) is 30.2. The van der Waals surface area contributed by atoms with Crippen LogP contribution in [0.1, 0.15) is 40.7 Å². The fourth-order valence-electron chi connectivity index (χ4n) is 5.37. The maximum absolute atomic E-state index is 13.8. The van der Waals surface area contributed by atoms with Gasteiger partial charge in [-0.2, -0.15) is 0 Å². The number of carbonyl (C=O) groups is 5. The predicted octanol–water partition coefficient (Wildman–Crippen LogP) is 2.80. The largest absolute Gasteiger partial charge is 0.361 e. The van der Waals surface area contributed by atoms with E-state index >= 15 is 0 Å². The van der Waals surface area contributed by atoms with Crippen molar-refractivity contribution in [3.05, 3.63) is 108 Å². The molecule has 1 aliphatic rings. The van der Waals surface area contributed by atoms with Crippen LogP contribution in [0.15, 0.2) is 91.1 Å². The maximum Gasteiger partial charge on any atom is 0.289 e. The average Bonchev–Trinajstić information content (AvgIpc) is 3.53. The highest BCUT2D eigenvalue weighted by atomic mass is 16.2. The molecule has 5 N–H and O–H groups in total. The minimum absolute atomic E-state index is 0.0364. The van der Waals surface area contributed by atoms with Crippen LogP contribution in [-0.4, -0.2) is 53.0 Å². The van der Waals surface area contributed by atoms with E-state index < -0.39 is 41.5 Å². The summed E-state index contributed by atoms with van der Waals surface area (Å²) in [4.78, 5) is 69.2. The standard InChI is InChI=1S/C34H35N5O5/c40-30(34(44)37-21-23-10-5-2-6-11-23)28(20-25-12-7-16-36-31(25)41)38-33(43)29(18-22-8-3-1-4-9-22)39-32(42)26-13-14-27-24(19-26)15-17-35-27/h1-6,8-11,13-15,17,19,25,28-29,35H,7,12,16,18,20-21H2,(H,36,41)(H,37,44)(H,38,43)(H,39,42)/t25-,28?,29-/m0/s1. The van der Waals surface area contributed by atoms with Gasteiger partial charge in [-0.05, 0) is 54.7 Å². The highest BCUT2D eigenvalue weighted by Gasteiger charge is 2.35. The van der Waals surface area contributed by atoms with E-state index in [1.54, 1.807) is 24.4 Å². The summed E-state index contributed by atoms with van der Waals surface area (Å²) in [5.74, 6) is -3.57. The third kappa shape index (κ3) is 7.77. The molecule has 1 unspecified atom stereocenters. The zero-order valence-corrected chi connectivity index (χ0v) is 24.2. The second kappa shape index (κ2) is 14.3. The smallest absolute Gasteiger partial charge is 0.289 e. The number of rotatable bonds is 12. The normalized spacial score (nSPS) is 15.9. The van der Waals surface area contributed by atoms with Crippen LogP contribution < -0.4 is 21.3 Å². The van der Waals surface area contributed by atoms with Crippen LogP contribution in [0.2, 0.25) is 0 Å². The molecule has 4 amide bonds. The number of aromatic amines is 1. The average molecular weight is 594 g/mol. The van der Waals surface area contributed by atoms with Gasteiger partial charge in [-0.1, -0.05) is 60.7 Å². The molecule has 1 aliphatic heterocycles. The van der Waals surface area contributed by atoms with Crippen LogP contribution in [0, 0.1) is 5.92 Å². The summed E-state index contributed by atoms with van der Waals surface area (Å²) in [7, 11) is 0. The Kier molecular flexibility index (Phi) is 9.81. The minimum atomic E-state index is -1.27. The van der Waals surface area contributed by atoms with E-state index in [0.717, 1.165) is 28.5 Å². The van der Waals surface area contributed by atoms with E-state index in [2.05, 4.69) is 26.3 Å². The van der Waals surface area contributed by atoms with Gasteiger partial charge in [-0.3, -0.25) is 24.0 Å². The molecule has 3 atom stereocenters. The van der Waals surface area contributed by atoms with Gasteiger partial charge in [-0.25, -0.2) is 0 Å². The van der Waals surface area contributed by atoms with Crippen molar-refractivity contribution in [1.82, 2.24) is 26.3 Å². The number of fused-ring (bicyclic) bond motifs is 1. The van der Waals surface area contributed by atoms with Gasteiger partial charge in [0.2, 0.25) is 17.6 Å². The van der Waals surface area contributed by atoms with Gasteiger partial charge in [-0.15, -0.1) is 0 Å². The molecular weight excluding hydrogens is 558 g/mol. The lowest BCUT2D eigenvalue weighted by atomic mass is 9.89. The molecule has 0 spiro atoms. The van der Waals surface area contributed by atoms with Gasteiger partial charge in [0.15, 0.2) is 0 Å². The molecule has 4 aromatic rings. The Hall–Kier alpha value is -5.25. The molecule has 3 aromatic carbocycles. The number of hydrogen-bond donors (Lipinski definition) is 5. The highest BCUT2D eigenvalue weighted by molar-refractivity contribution is 6.38. The molecule has 44 heavy (non-hydrogen) atoms. The van der Waals surface area contributed by atoms with Gasteiger partial charge in [0, 0.05) is 48.1 Å². The van der Waals surface area contributed by atoms with Crippen LogP contribution in [0.5, 0.6) is 0 Å². The third-order valence-electron chi connectivity index (χ3n) is 7.79. The molecule has 1 aromatic heterocycles. The molecule has 10 heteroatoms. The molecule has 2 heterocycles. The topological polar surface area (TPSA) is 149 Å². The van der Waals surface area contributed by atoms with E-state index in [0.29, 0.717) is 18.5 Å². The summed E-state index contributed by atoms with van der Waals surface area (Å²) < 4.78 is 0. The van der Waals surface area contributed by atoms with Crippen LogP contribution in [0.3, 0.4) is 0 Å². The number of piperidine rings is 1. The van der Waals surface area contributed by atoms with Gasteiger partial charge in [0.25, 0.3) is 11.8 Å². The first-order valence-electron chi connectivity index (χ1n) is 14.7. The van der Waals surface area contributed by atoms with Crippen LogP contribution in [0.25, 0.3) is 10.9 Å². The number of Topliss-reactive ketones (excluding diaryl/α,β-unsaturated/α-hetero) is 1. The van der Waals surface area contributed by atoms with Gasteiger partial charge in [0.05, 0.1) is 6.04 Å². The third-order valence-corrected chi connectivity index (χ3v) is 7.79. The quantitative estimate of drug-likeness (QED) is 0.160. The lowest BCUT2D eigenvalue weighted by Gasteiger charge is -2.27. The monoisotopic (exact) mass is 593 g/mol. The molecule has 0 bridgehead atoms. The molecule has 226 valence electrons. The number of benzene rings is 3. The van der Waals surface area contributed by atoms with Crippen molar-refractivity contribution in [3.8, 4) is 0 Å². The van der Waals surface area contributed by atoms with E-state index in [1.165, 1.54) is 0 Å². The van der Waals surface area contributed by atoms with Gasteiger partial charge in [0.1, 0.15) is 6.04 Å². The Labute approximate surface area is 255 Å². The predicted molar refractivity (Wildman–Crippen MR) is 165 cm³/mol. The van der Waals surface area contributed by atoms with Gasteiger partial charge < -0.3 is 26.3 Å². The first-order valence-corrected chi connectivity index (χ1v) is 14.7. The van der Waals surface area contributed by atoms with E-state index in [4.69, 9.17) is 0 Å². The molecule has 1 fully saturated rings. The molecule has 0 aliphatic carbocycles. The number of amides is 4. The van der Waals surface area contributed by atoms with E-state index in [9.17, 15) is 24.0 Å². The van der Waals surface area contributed by atoms with Crippen LogP contribution in [0.4, 0.5) is 0 Å². The number of ketones is 1. The molecule has 0 radical (unpaired) electrons. The zero-order valence-electron chi connectivity index (χ0n) is 24.2. The number of aromatic nitrogens is 1. The lowest BCUT2D eigenvalue weighted by molar-refractivity contribution is -0.141. The molecule has 5 rings (SSSR count). The van der Waals surface area contributed by atoms with Crippen molar-refractivity contribution in [2.75, 3.05) is 6.54 Å². The first-order chi connectivity index (χ1) is 21.4. The highest BCUT2D eigenvalue weighted by Crippen LogP contribution is 2.19. The summed E-state index contributed by atoms with van der Waals surface area (Å²) in [6, 6.07) is 23.0. The van der Waals surface area contributed by atoms with Crippen LogP contribution in [-0.2, 0) is 32.1 Å². The summed E-state index contributed by atoms with van der Waals surface area (Å²) in [5.41, 5.74) is 2.85. The summed E-state index contributed by atoms with van der Waals surface area (Å²) >= 11 is 0. The van der Waals surface area contributed by atoms with Crippen molar-refractivity contribution in [1.29, 1.82) is 0 Å². The Morgan fingerprint density at radius 3 is 2.30 bits per heavy atom. The lowest BCUT2D eigenvalue weighted by Crippen LogP contribution is -2.55.